The number of hydrogen-bond donors (Lipinski definition) is 3. The van der Waals surface area contributed by atoms with Gasteiger partial charge in [-0.2, -0.15) is 0 Å². The maximum Gasteiger partial charge on any atom is 0.307 e. The van der Waals surface area contributed by atoms with Gasteiger partial charge in [-0.3, -0.25) is 4.79 Å². The van der Waals surface area contributed by atoms with Crippen molar-refractivity contribution in [2.75, 3.05) is 13.7 Å². The molecule has 0 aromatic heterocycles. The van der Waals surface area contributed by atoms with Gasteiger partial charge >= 0.3 is 5.97 Å². The highest BCUT2D eigenvalue weighted by atomic mass is 35.5. The van der Waals surface area contributed by atoms with Crippen LogP contribution >= 0.6 is 23.5 Å². The number of ether oxygens (including phenoxy) is 3. The fourth-order valence-corrected chi connectivity index (χ4v) is 5.35. The Morgan fingerprint density at radius 3 is 2.75 bits per heavy atom. The van der Waals surface area contributed by atoms with Crippen molar-refractivity contribution in [3.63, 3.8) is 0 Å². The average Bonchev–Trinajstić information content (AvgIpc) is 3.14. The Morgan fingerprint density at radius 1 is 1.25 bits per heavy atom. The highest BCUT2D eigenvalue weighted by Crippen LogP contribution is 2.41. The second-order valence-corrected chi connectivity index (χ2v) is 9.99. The van der Waals surface area contributed by atoms with Crippen LogP contribution in [0.15, 0.2) is 76.7 Å². The second kappa shape index (κ2) is 10.8. The Balaban J connectivity index is 1.65. The van der Waals surface area contributed by atoms with E-state index in [-0.39, 0.29) is 17.9 Å². The van der Waals surface area contributed by atoms with Gasteiger partial charge in [0.15, 0.2) is 11.5 Å². The van der Waals surface area contributed by atoms with E-state index in [2.05, 4.69) is 29.1 Å². The minimum atomic E-state index is -0.907. The first-order valence-electron chi connectivity index (χ1n) is 11.5. The van der Waals surface area contributed by atoms with E-state index in [1.165, 1.54) is 19.1 Å². The summed E-state index contributed by atoms with van der Waals surface area (Å²) in [7, 11) is 1.53. The molecule has 1 heterocycles. The minimum absolute atomic E-state index is 0.0104. The summed E-state index contributed by atoms with van der Waals surface area (Å²) in [6.07, 6.45) is 6.10. The van der Waals surface area contributed by atoms with Crippen molar-refractivity contribution in [3.8, 4) is 17.2 Å². The Hall–Kier alpha value is -3.23. The van der Waals surface area contributed by atoms with E-state index in [4.69, 9.17) is 30.9 Å². The molecule has 190 valence electrons. The molecule has 2 atom stereocenters. The molecule has 0 radical (unpaired) electrons. The lowest BCUT2D eigenvalue weighted by atomic mass is 9.81. The molecule has 0 saturated heterocycles. The van der Waals surface area contributed by atoms with Crippen LogP contribution in [0.2, 0.25) is 5.02 Å². The largest absolute Gasteiger partial charge is 0.494 e. The molecule has 1 aliphatic carbocycles. The predicted molar refractivity (Wildman–Crippen MR) is 142 cm³/mol. The van der Waals surface area contributed by atoms with Crippen molar-refractivity contribution in [1.29, 1.82) is 0 Å². The van der Waals surface area contributed by atoms with Gasteiger partial charge in [0.05, 0.1) is 36.4 Å². The maximum atomic E-state index is 11.1. The lowest BCUT2D eigenvalue weighted by Crippen LogP contribution is -2.45. The van der Waals surface area contributed by atoms with Crippen molar-refractivity contribution in [2.24, 2.45) is 5.92 Å². The number of aliphatic carboxylic acids is 1. The number of carboxylic acid groups (broad SMARTS) is 1. The van der Waals surface area contributed by atoms with Gasteiger partial charge in [0.2, 0.25) is 0 Å². The Labute approximate surface area is 220 Å². The third-order valence-electron chi connectivity index (χ3n) is 5.98. The Bertz CT molecular complexity index is 1260. The normalized spacial score (nSPS) is 20.4. The Morgan fingerprint density at radius 2 is 2.06 bits per heavy atom. The molecule has 3 N–H and O–H groups in total. The molecule has 0 spiro atoms. The molecule has 4 rings (SSSR count). The van der Waals surface area contributed by atoms with Crippen LogP contribution in [0.25, 0.3) is 0 Å². The summed E-state index contributed by atoms with van der Waals surface area (Å²) in [5.41, 5.74) is 2.27. The molecule has 2 aliphatic rings. The number of nitrogens with one attached hydrogen (secondary N) is 2. The number of carboxylic acids is 1. The molecule has 2 unspecified atom stereocenters. The van der Waals surface area contributed by atoms with Gasteiger partial charge < -0.3 is 29.4 Å². The molecule has 1 aliphatic heterocycles. The highest BCUT2D eigenvalue weighted by molar-refractivity contribution is 7.97. The first-order chi connectivity index (χ1) is 17.2. The van der Waals surface area contributed by atoms with Gasteiger partial charge in [-0.1, -0.05) is 29.8 Å². The monoisotopic (exact) mass is 528 g/mol. The zero-order valence-electron chi connectivity index (χ0n) is 20.6. The summed E-state index contributed by atoms with van der Waals surface area (Å²) in [5.74, 6) is 1.38. The first kappa shape index (κ1) is 25.9. The zero-order chi connectivity index (χ0) is 25.9. The molecule has 9 heteroatoms. The lowest BCUT2D eigenvalue weighted by Gasteiger charge is -2.35. The van der Waals surface area contributed by atoms with E-state index in [9.17, 15) is 4.79 Å². The maximum absolute atomic E-state index is 11.1. The van der Waals surface area contributed by atoms with Crippen LogP contribution in [0.1, 0.15) is 26.3 Å². The molecule has 0 bridgehead atoms. The fraction of sp³-hybridized carbons (Fsp3) is 0.296. The SMILES string of the molecule is CCOc1ccc(SNC2=C(Oc3ccc(CC(=O)O)cc3OC)C=CC3(C)NC(C)=CC23)c(Cl)c1. The van der Waals surface area contributed by atoms with Crippen molar-refractivity contribution in [1.82, 2.24) is 10.0 Å². The van der Waals surface area contributed by atoms with Crippen LogP contribution in [-0.4, -0.2) is 30.3 Å². The van der Waals surface area contributed by atoms with Gasteiger partial charge in [-0.05, 0) is 74.7 Å². The van der Waals surface area contributed by atoms with Crippen LogP contribution in [-0.2, 0) is 11.2 Å². The fourth-order valence-electron chi connectivity index (χ4n) is 4.32. The number of fused-ring (bicyclic) bond motifs is 1. The smallest absolute Gasteiger partial charge is 0.307 e. The van der Waals surface area contributed by atoms with E-state index in [1.807, 2.05) is 32.1 Å². The number of benzene rings is 2. The molecule has 0 amide bonds. The molecule has 2 aromatic rings. The van der Waals surface area contributed by atoms with Crippen LogP contribution in [0, 0.1) is 5.92 Å². The van der Waals surface area contributed by atoms with Gasteiger partial charge in [0, 0.05) is 16.5 Å². The minimum Gasteiger partial charge on any atom is -0.494 e. The number of halogens is 1. The van der Waals surface area contributed by atoms with E-state index in [1.54, 1.807) is 24.3 Å². The summed E-state index contributed by atoms with van der Waals surface area (Å²) in [4.78, 5) is 12.0. The van der Waals surface area contributed by atoms with Crippen molar-refractivity contribution < 1.29 is 24.1 Å². The molecule has 0 fully saturated rings. The van der Waals surface area contributed by atoms with Gasteiger partial charge in [-0.15, -0.1) is 0 Å². The zero-order valence-corrected chi connectivity index (χ0v) is 22.1. The highest BCUT2D eigenvalue weighted by Gasteiger charge is 2.42. The molecule has 0 saturated carbocycles. The second-order valence-electron chi connectivity index (χ2n) is 8.73. The average molecular weight is 529 g/mol. The van der Waals surface area contributed by atoms with E-state index >= 15 is 0 Å². The van der Waals surface area contributed by atoms with E-state index in [0.29, 0.717) is 34.5 Å². The number of carbonyl (C=O) groups is 1. The quantitative estimate of drug-likeness (QED) is 0.338. The van der Waals surface area contributed by atoms with Crippen LogP contribution in [0.5, 0.6) is 17.2 Å². The van der Waals surface area contributed by atoms with Crippen LogP contribution in [0.3, 0.4) is 0 Å². The summed E-state index contributed by atoms with van der Waals surface area (Å²) in [6.45, 7) is 6.67. The van der Waals surface area contributed by atoms with E-state index < -0.39 is 5.97 Å². The summed E-state index contributed by atoms with van der Waals surface area (Å²) in [6, 6.07) is 10.8. The first-order valence-corrected chi connectivity index (χ1v) is 12.7. The van der Waals surface area contributed by atoms with Gasteiger partial charge in [-0.25, -0.2) is 0 Å². The lowest BCUT2D eigenvalue weighted by molar-refractivity contribution is -0.136. The number of allylic oxidation sites excluding steroid dienone is 2. The number of hydrogen-bond acceptors (Lipinski definition) is 7. The predicted octanol–water partition coefficient (Wildman–Crippen LogP) is 5.71. The van der Waals surface area contributed by atoms with Crippen molar-refractivity contribution >= 4 is 29.5 Å². The van der Waals surface area contributed by atoms with Gasteiger partial charge in [0.25, 0.3) is 0 Å². The topological polar surface area (TPSA) is 89.1 Å². The third kappa shape index (κ3) is 5.60. The number of methoxy groups -OCH3 is 1. The number of rotatable bonds is 10. The van der Waals surface area contributed by atoms with Gasteiger partial charge in [0.1, 0.15) is 11.5 Å². The molecular weight excluding hydrogens is 500 g/mol. The van der Waals surface area contributed by atoms with Crippen LogP contribution in [0.4, 0.5) is 0 Å². The van der Waals surface area contributed by atoms with Crippen LogP contribution < -0.4 is 24.2 Å². The third-order valence-corrected chi connectivity index (χ3v) is 7.30. The molecule has 7 nitrogen and oxygen atoms in total. The molecule has 36 heavy (non-hydrogen) atoms. The summed E-state index contributed by atoms with van der Waals surface area (Å²) >= 11 is 7.92. The van der Waals surface area contributed by atoms with Crippen molar-refractivity contribution in [3.05, 3.63) is 82.4 Å². The molecule has 2 aromatic carbocycles. The summed E-state index contributed by atoms with van der Waals surface area (Å²) in [5, 5.41) is 13.2. The molecular formula is C27H29ClN2O5S. The Kier molecular flexibility index (Phi) is 7.76. The standard InChI is InChI=1S/C27H29ClN2O5S/c1-5-34-18-7-9-24(20(28)15-18)36-30-26-19-12-16(2)29-27(19,3)11-10-22(26)35-21-8-6-17(14-25(31)32)13-23(21)33-4/h6-13,15,19,29-30H,5,14H2,1-4H3,(H,31,32). The van der Waals surface area contributed by atoms with E-state index in [0.717, 1.165) is 22.0 Å². The summed E-state index contributed by atoms with van der Waals surface area (Å²) < 4.78 is 20.9. The van der Waals surface area contributed by atoms with Crippen molar-refractivity contribution in [2.45, 2.75) is 37.6 Å².